The zero-order chi connectivity index (χ0) is 18.9. The molecule has 0 radical (unpaired) electrons. The lowest BCUT2D eigenvalue weighted by Gasteiger charge is -2.23. The van der Waals surface area contributed by atoms with Crippen LogP contribution in [0.5, 0.6) is 11.5 Å². The molecule has 144 valence electrons. The maximum Gasteiger partial charge on any atom is 0.253 e. The van der Waals surface area contributed by atoms with Crippen LogP contribution in [0.1, 0.15) is 34.8 Å². The Labute approximate surface area is 161 Å². The first-order valence-corrected chi connectivity index (χ1v) is 9.35. The summed E-state index contributed by atoms with van der Waals surface area (Å²) in [6.45, 7) is 2.14. The fraction of sp³-hybridized carbons (Fsp3) is 0.350. The van der Waals surface area contributed by atoms with Crippen molar-refractivity contribution in [2.24, 2.45) is 0 Å². The lowest BCUT2D eigenvalue weighted by Crippen LogP contribution is -2.23. The van der Waals surface area contributed by atoms with E-state index in [4.69, 9.17) is 14.2 Å². The van der Waals surface area contributed by atoms with Gasteiger partial charge in [-0.1, -0.05) is 6.07 Å². The van der Waals surface area contributed by atoms with Crippen LogP contribution in [0.2, 0.25) is 0 Å². The Morgan fingerprint density at radius 2 is 2.00 bits per heavy atom. The SMILES string of the molecule is O=C(NCc1ccc2c(c1)OCO2)c1cnc2c(c1)ncn2C1CCOCC1. The van der Waals surface area contributed by atoms with Crippen molar-refractivity contribution in [3.63, 3.8) is 0 Å². The molecule has 2 aliphatic rings. The molecule has 5 rings (SSSR count). The zero-order valence-corrected chi connectivity index (χ0v) is 15.3. The average molecular weight is 380 g/mol. The Morgan fingerprint density at radius 1 is 1.14 bits per heavy atom. The number of rotatable bonds is 4. The molecule has 28 heavy (non-hydrogen) atoms. The number of amides is 1. The molecule has 1 amide bonds. The highest BCUT2D eigenvalue weighted by atomic mass is 16.7. The van der Waals surface area contributed by atoms with Gasteiger partial charge in [0.15, 0.2) is 17.1 Å². The van der Waals surface area contributed by atoms with E-state index in [9.17, 15) is 4.79 Å². The van der Waals surface area contributed by atoms with E-state index in [0.29, 0.717) is 23.9 Å². The van der Waals surface area contributed by atoms with Gasteiger partial charge in [-0.2, -0.15) is 0 Å². The average Bonchev–Trinajstić information content (AvgIpc) is 3.38. The third-order valence-corrected chi connectivity index (χ3v) is 5.15. The fourth-order valence-corrected chi connectivity index (χ4v) is 3.61. The number of hydrogen-bond donors (Lipinski definition) is 1. The van der Waals surface area contributed by atoms with Crippen molar-refractivity contribution in [1.29, 1.82) is 0 Å². The number of pyridine rings is 1. The first-order valence-electron chi connectivity index (χ1n) is 9.35. The van der Waals surface area contributed by atoms with E-state index in [0.717, 1.165) is 48.5 Å². The molecule has 0 spiro atoms. The summed E-state index contributed by atoms with van der Waals surface area (Å²) in [5.74, 6) is 1.24. The van der Waals surface area contributed by atoms with Gasteiger partial charge in [0.25, 0.3) is 5.91 Å². The van der Waals surface area contributed by atoms with Gasteiger partial charge >= 0.3 is 0 Å². The van der Waals surface area contributed by atoms with Crippen molar-refractivity contribution in [3.8, 4) is 11.5 Å². The predicted molar refractivity (Wildman–Crippen MR) is 100 cm³/mol. The highest BCUT2D eigenvalue weighted by Gasteiger charge is 2.19. The number of aromatic nitrogens is 3. The molecule has 8 nitrogen and oxygen atoms in total. The quantitative estimate of drug-likeness (QED) is 0.748. The highest BCUT2D eigenvalue weighted by Crippen LogP contribution is 2.32. The molecule has 1 saturated heterocycles. The van der Waals surface area contributed by atoms with Gasteiger partial charge in [0.05, 0.1) is 11.9 Å². The second-order valence-electron chi connectivity index (χ2n) is 6.93. The van der Waals surface area contributed by atoms with Gasteiger partial charge in [0, 0.05) is 32.0 Å². The second kappa shape index (κ2) is 7.12. The number of carbonyl (C=O) groups excluding carboxylic acids is 1. The van der Waals surface area contributed by atoms with E-state index in [-0.39, 0.29) is 12.7 Å². The van der Waals surface area contributed by atoms with Crippen molar-refractivity contribution in [2.75, 3.05) is 20.0 Å². The van der Waals surface area contributed by atoms with Gasteiger partial charge < -0.3 is 24.1 Å². The number of ether oxygens (including phenoxy) is 3. The van der Waals surface area contributed by atoms with E-state index >= 15 is 0 Å². The van der Waals surface area contributed by atoms with Gasteiger partial charge in [0.2, 0.25) is 6.79 Å². The summed E-state index contributed by atoms with van der Waals surface area (Å²) in [5.41, 5.74) is 2.96. The third-order valence-electron chi connectivity index (χ3n) is 5.15. The number of nitrogens with zero attached hydrogens (tertiary/aromatic N) is 3. The number of nitrogens with one attached hydrogen (secondary N) is 1. The molecule has 0 atom stereocenters. The Bertz CT molecular complexity index is 1030. The van der Waals surface area contributed by atoms with Crippen LogP contribution in [0.25, 0.3) is 11.2 Å². The van der Waals surface area contributed by atoms with E-state index in [1.807, 2.05) is 24.5 Å². The molecule has 4 heterocycles. The zero-order valence-electron chi connectivity index (χ0n) is 15.3. The Morgan fingerprint density at radius 3 is 2.89 bits per heavy atom. The van der Waals surface area contributed by atoms with Crippen molar-refractivity contribution in [1.82, 2.24) is 19.9 Å². The predicted octanol–water partition coefficient (Wildman–Crippen LogP) is 2.44. The van der Waals surface area contributed by atoms with E-state index in [2.05, 4.69) is 19.9 Å². The molecule has 1 N–H and O–H groups in total. The van der Waals surface area contributed by atoms with Crippen LogP contribution in [0, 0.1) is 0 Å². The van der Waals surface area contributed by atoms with Crippen molar-refractivity contribution in [3.05, 3.63) is 47.9 Å². The van der Waals surface area contributed by atoms with Gasteiger partial charge in [-0.25, -0.2) is 9.97 Å². The van der Waals surface area contributed by atoms with Crippen LogP contribution in [0.4, 0.5) is 0 Å². The first kappa shape index (κ1) is 17.0. The summed E-state index contributed by atoms with van der Waals surface area (Å²) >= 11 is 0. The van der Waals surface area contributed by atoms with Crippen LogP contribution >= 0.6 is 0 Å². The van der Waals surface area contributed by atoms with Gasteiger partial charge in [-0.05, 0) is 36.6 Å². The lowest BCUT2D eigenvalue weighted by molar-refractivity contribution is 0.0704. The normalized spacial score (nSPS) is 16.4. The molecule has 3 aromatic rings. The fourth-order valence-electron chi connectivity index (χ4n) is 3.61. The molecular formula is C20H20N4O4. The number of benzene rings is 1. The molecule has 1 fully saturated rings. The molecule has 8 heteroatoms. The molecule has 2 aliphatic heterocycles. The molecule has 0 bridgehead atoms. The number of fused-ring (bicyclic) bond motifs is 2. The molecule has 1 aromatic carbocycles. The smallest absolute Gasteiger partial charge is 0.253 e. The number of imidazole rings is 1. The monoisotopic (exact) mass is 380 g/mol. The first-order chi connectivity index (χ1) is 13.8. The Kier molecular flexibility index (Phi) is 4.32. The topological polar surface area (TPSA) is 87.5 Å². The minimum absolute atomic E-state index is 0.187. The van der Waals surface area contributed by atoms with E-state index in [1.165, 1.54) is 0 Å². The molecule has 0 unspecified atom stereocenters. The highest BCUT2D eigenvalue weighted by molar-refractivity contribution is 5.96. The molecule has 2 aromatic heterocycles. The summed E-state index contributed by atoms with van der Waals surface area (Å²) < 4.78 is 18.2. The summed E-state index contributed by atoms with van der Waals surface area (Å²) in [5, 5.41) is 2.91. The Hall–Kier alpha value is -3.13. The summed E-state index contributed by atoms with van der Waals surface area (Å²) in [6, 6.07) is 7.76. The van der Waals surface area contributed by atoms with Crippen LogP contribution in [0.15, 0.2) is 36.8 Å². The minimum Gasteiger partial charge on any atom is -0.454 e. The second-order valence-corrected chi connectivity index (χ2v) is 6.93. The van der Waals surface area contributed by atoms with Crippen LogP contribution in [-0.4, -0.2) is 40.4 Å². The lowest BCUT2D eigenvalue weighted by atomic mass is 10.1. The van der Waals surface area contributed by atoms with Gasteiger partial charge in [0.1, 0.15) is 5.52 Å². The summed E-state index contributed by atoms with van der Waals surface area (Å²) in [7, 11) is 0. The molecule has 0 saturated carbocycles. The molecule has 0 aliphatic carbocycles. The third kappa shape index (κ3) is 3.16. The van der Waals surface area contributed by atoms with E-state index in [1.54, 1.807) is 12.3 Å². The maximum absolute atomic E-state index is 12.5. The van der Waals surface area contributed by atoms with Crippen molar-refractivity contribution < 1.29 is 19.0 Å². The van der Waals surface area contributed by atoms with E-state index < -0.39 is 0 Å². The Balaban J connectivity index is 1.29. The summed E-state index contributed by atoms with van der Waals surface area (Å²) in [4.78, 5) is 21.5. The van der Waals surface area contributed by atoms with Gasteiger partial charge in [-0.15, -0.1) is 0 Å². The standard InChI is InChI=1S/C20H20N4O4/c25-20(22-9-13-1-2-17-18(7-13)28-12-27-17)14-8-16-19(21-10-14)24(11-23-16)15-3-5-26-6-4-15/h1-2,7-8,10-11,15H,3-6,9,12H2,(H,22,25). The number of carbonyl (C=O) groups is 1. The minimum atomic E-state index is -0.187. The molecular weight excluding hydrogens is 360 g/mol. The van der Waals surface area contributed by atoms with Crippen LogP contribution in [-0.2, 0) is 11.3 Å². The maximum atomic E-state index is 12.5. The summed E-state index contributed by atoms with van der Waals surface area (Å²) in [6.07, 6.45) is 5.31. The van der Waals surface area contributed by atoms with Crippen LogP contribution in [0.3, 0.4) is 0 Å². The van der Waals surface area contributed by atoms with Crippen molar-refractivity contribution >= 4 is 17.1 Å². The van der Waals surface area contributed by atoms with Crippen molar-refractivity contribution in [2.45, 2.75) is 25.4 Å². The number of hydrogen-bond acceptors (Lipinski definition) is 6. The largest absolute Gasteiger partial charge is 0.454 e. The van der Waals surface area contributed by atoms with Gasteiger partial charge in [-0.3, -0.25) is 4.79 Å². The van der Waals surface area contributed by atoms with Crippen LogP contribution < -0.4 is 14.8 Å².